The molecule has 0 saturated carbocycles. The van der Waals surface area contributed by atoms with Crippen LogP contribution in [0.1, 0.15) is 12.0 Å². The van der Waals surface area contributed by atoms with E-state index in [9.17, 15) is 18.0 Å². The van der Waals surface area contributed by atoms with Crippen molar-refractivity contribution in [2.24, 2.45) is 5.73 Å². The Hall–Kier alpha value is -1.57. The first-order valence-electron chi connectivity index (χ1n) is 4.77. The lowest BCUT2D eigenvalue weighted by Crippen LogP contribution is -2.32. The molecule has 0 saturated heterocycles. The summed E-state index contributed by atoms with van der Waals surface area (Å²) in [6.07, 6.45) is -2.66. The number of carbonyl (C=O) groups excluding carboxylic acids is 1. The highest BCUT2D eigenvalue weighted by molar-refractivity contribution is 5.75. The van der Waals surface area contributed by atoms with Gasteiger partial charge < -0.3 is 10.5 Å². The van der Waals surface area contributed by atoms with Gasteiger partial charge in [0.15, 0.2) is 0 Å². The summed E-state index contributed by atoms with van der Waals surface area (Å²) in [5.41, 5.74) is 4.60. The van der Waals surface area contributed by atoms with Gasteiger partial charge in [0.1, 0.15) is 6.04 Å². The number of carbonyl (C=O) groups is 1. The van der Waals surface area contributed by atoms with Gasteiger partial charge in [-0.05, 0) is 6.42 Å². The van der Waals surface area contributed by atoms with Gasteiger partial charge in [0.05, 0.1) is 18.9 Å². The summed E-state index contributed by atoms with van der Waals surface area (Å²) in [5.74, 6) is -0.604. The number of ether oxygens (including phenoxy) is 1. The first-order chi connectivity index (χ1) is 7.84. The lowest BCUT2D eigenvalue weighted by atomic mass is 10.2. The molecule has 0 spiro atoms. The molecule has 0 radical (unpaired) electrons. The fourth-order valence-corrected chi connectivity index (χ4v) is 1.17. The molecule has 96 valence electrons. The molecule has 0 aliphatic carbocycles. The molecule has 8 heteroatoms. The Bertz CT molecular complexity index is 389. The average Bonchev–Trinajstić information content (AvgIpc) is 2.72. The molecule has 0 fully saturated rings. The van der Waals surface area contributed by atoms with E-state index < -0.39 is 23.8 Å². The molecule has 0 aromatic carbocycles. The van der Waals surface area contributed by atoms with Crippen LogP contribution in [0.2, 0.25) is 0 Å². The Kier molecular flexibility index (Phi) is 4.11. The van der Waals surface area contributed by atoms with Crippen LogP contribution in [-0.2, 0) is 22.3 Å². The van der Waals surface area contributed by atoms with Crippen LogP contribution in [0.5, 0.6) is 0 Å². The zero-order valence-corrected chi connectivity index (χ0v) is 9.07. The van der Waals surface area contributed by atoms with Crippen molar-refractivity contribution in [2.75, 3.05) is 7.11 Å². The van der Waals surface area contributed by atoms with Gasteiger partial charge in [-0.15, -0.1) is 0 Å². The number of esters is 1. The maximum atomic E-state index is 12.2. The summed E-state index contributed by atoms with van der Waals surface area (Å²) in [5, 5.41) is 3.53. The van der Waals surface area contributed by atoms with Crippen molar-refractivity contribution in [3.63, 3.8) is 0 Å². The minimum Gasteiger partial charge on any atom is -0.468 e. The highest BCUT2D eigenvalue weighted by atomic mass is 19.4. The zero-order chi connectivity index (χ0) is 13.1. The van der Waals surface area contributed by atoms with Crippen molar-refractivity contribution in [1.29, 1.82) is 0 Å². The minimum absolute atomic E-state index is 0.117. The van der Waals surface area contributed by atoms with Crippen LogP contribution in [-0.4, -0.2) is 28.9 Å². The number of aromatic nitrogens is 2. The Morgan fingerprint density at radius 2 is 2.29 bits per heavy atom. The van der Waals surface area contributed by atoms with E-state index in [1.165, 1.54) is 7.11 Å². The van der Waals surface area contributed by atoms with Crippen molar-refractivity contribution in [2.45, 2.75) is 25.2 Å². The van der Waals surface area contributed by atoms with Crippen LogP contribution in [0.4, 0.5) is 13.2 Å². The standard InChI is InChI=1S/C9H12F3N3O2/c1-17-8(16)7(13)2-3-15-5-6(4-14-15)9(10,11)12/h4-5,7H,2-3,13H2,1H3. The molecule has 1 heterocycles. The zero-order valence-electron chi connectivity index (χ0n) is 9.07. The normalized spacial score (nSPS) is 13.5. The van der Waals surface area contributed by atoms with E-state index in [-0.39, 0.29) is 13.0 Å². The third-order valence-electron chi connectivity index (χ3n) is 2.13. The average molecular weight is 251 g/mol. The Labute approximate surface area is 95.3 Å². The molecule has 0 aliphatic heterocycles. The number of hydrogen-bond acceptors (Lipinski definition) is 4. The largest absolute Gasteiger partial charge is 0.468 e. The van der Waals surface area contributed by atoms with Gasteiger partial charge in [-0.1, -0.05) is 0 Å². The van der Waals surface area contributed by atoms with E-state index in [1.807, 2.05) is 0 Å². The second kappa shape index (κ2) is 5.17. The van der Waals surface area contributed by atoms with Crippen LogP contribution >= 0.6 is 0 Å². The van der Waals surface area contributed by atoms with Crippen LogP contribution < -0.4 is 5.73 Å². The molecule has 0 aliphatic rings. The van der Waals surface area contributed by atoms with Crippen molar-refractivity contribution in [1.82, 2.24) is 9.78 Å². The van der Waals surface area contributed by atoms with E-state index in [1.54, 1.807) is 0 Å². The SMILES string of the molecule is COC(=O)C(N)CCn1cc(C(F)(F)F)cn1. The summed E-state index contributed by atoms with van der Waals surface area (Å²) < 4.78 is 42.2. The first kappa shape index (κ1) is 13.5. The van der Waals surface area contributed by atoms with Gasteiger partial charge in [0, 0.05) is 12.7 Å². The highest BCUT2D eigenvalue weighted by Gasteiger charge is 2.32. The number of alkyl halides is 3. The second-order valence-electron chi connectivity index (χ2n) is 3.41. The van der Waals surface area contributed by atoms with Crippen LogP contribution in [0.15, 0.2) is 12.4 Å². The number of nitrogens with two attached hydrogens (primary N) is 1. The van der Waals surface area contributed by atoms with Gasteiger partial charge in [0.25, 0.3) is 0 Å². The number of hydrogen-bond donors (Lipinski definition) is 1. The van der Waals surface area contributed by atoms with Gasteiger partial charge >= 0.3 is 12.1 Å². The topological polar surface area (TPSA) is 70.1 Å². The van der Waals surface area contributed by atoms with Crippen LogP contribution in [0.3, 0.4) is 0 Å². The van der Waals surface area contributed by atoms with E-state index in [2.05, 4.69) is 9.84 Å². The molecule has 5 nitrogen and oxygen atoms in total. The van der Waals surface area contributed by atoms with Crippen molar-refractivity contribution < 1.29 is 22.7 Å². The maximum Gasteiger partial charge on any atom is 0.419 e. The lowest BCUT2D eigenvalue weighted by molar-refractivity contribution is -0.142. The lowest BCUT2D eigenvalue weighted by Gasteiger charge is -2.08. The predicted octanol–water partition coefficient (Wildman–Crippen LogP) is 0.792. The van der Waals surface area contributed by atoms with Crippen LogP contribution in [0, 0.1) is 0 Å². The van der Waals surface area contributed by atoms with E-state index in [0.717, 1.165) is 17.1 Å². The molecule has 2 N–H and O–H groups in total. The van der Waals surface area contributed by atoms with Crippen LogP contribution in [0.25, 0.3) is 0 Å². The van der Waals surface area contributed by atoms with Crippen molar-refractivity contribution >= 4 is 5.97 Å². The number of aryl methyl sites for hydroxylation is 1. The summed E-state index contributed by atoms with van der Waals surface area (Å²) in [4.78, 5) is 10.9. The molecule has 0 bridgehead atoms. The van der Waals surface area contributed by atoms with E-state index >= 15 is 0 Å². The molecular formula is C9H12F3N3O2. The molecule has 17 heavy (non-hydrogen) atoms. The molecule has 1 rings (SSSR count). The third kappa shape index (κ3) is 3.74. The molecule has 1 atom stereocenters. The third-order valence-corrected chi connectivity index (χ3v) is 2.13. The summed E-state index contributed by atoms with van der Waals surface area (Å²) >= 11 is 0. The second-order valence-corrected chi connectivity index (χ2v) is 3.41. The maximum absolute atomic E-state index is 12.2. The Morgan fingerprint density at radius 1 is 1.65 bits per heavy atom. The number of methoxy groups -OCH3 is 1. The molecule has 1 unspecified atom stereocenters. The van der Waals surface area contributed by atoms with Gasteiger partial charge in [-0.3, -0.25) is 9.48 Å². The Morgan fingerprint density at radius 3 is 2.76 bits per heavy atom. The van der Waals surface area contributed by atoms with Gasteiger partial charge in [0.2, 0.25) is 0 Å². The monoisotopic (exact) mass is 251 g/mol. The Balaban J connectivity index is 2.53. The van der Waals surface area contributed by atoms with E-state index in [4.69, 9.17) is 5.73 Å². The summed E-state index contributed by atoms with van der Waals surface area (Å²) in [7, 11) is 1.19. The van der Waals surface area contributed by atoms with E-state index in [0.29, 0.717) is 0 Å². The number of nitrogens with zero attached hydrogens (tertiary/aromatic N) is 2. The molecule has 0 amide bonds. The fourth-order valence-electron chi connectivity index (χ4n) is 1.17. The van der Waals surface area contributed by atoms with Crippen molar-refractivity contribution in [3.8, 4) is 0 Å². The quantitative estimate of drug-likeness (QED) is 0.803. The minimum atomic E-state index is -4.41. The molecule has 1 aromatic heterocycles. The smallest absolute Gasteiger partial charge is 0.419 e. The molecule has 1 aromatic rings. The molecular weight excluding hydrogens is 239 g/mol. The first-order valence-corrected chi connectivity index (χ1v) is 4.77. The number of rotatable bonds is 4. The highest BCUT2D eigenvalue weighted by Crippen LogP contribution is 2.28. The number of halogens is 3. The fraction of sp³-hybridized carbons (Fsp3) is 0.556. The van der Waals surface area contributed by atoms with Gasteiger partial charge in [-0.25, -0.2) is 0 Å². The van der Waals surface area contributed by atoms with Gasteiger partial charge in [-0.2, -0.15) is 18.3 Å². The predicted molar refractivity (Wildman–Crippen MR) is 51.8 cm³/mol. The van der Waals surface area contributed by atoms with Crippen molar-refractivity contribution in [3.05, 3.63) is 18.0 Å². The summed E-state index contributed by atoms with van der Waals surface area (Å²) in [6, 6.07) is -0.862. The summed E-state index contributed by atoms with van der Waals surface area (Å²) in [6.45, 7) is 0.117.